The summed E-state index contributed by atoms with van der Waals surface area (Å²) in [5.41, 5.74) is 6.65. The Kier molecular flexibility index (Phi) is 6.36. The highest BCUT2D eigenvalue weighted by Crippen LogP contribution is 2.40. The predicted molar refractivity (Wildman–Crippen MR) is 114 cm³/mol. The molecular weight excluding hydrogens is 358 g/mol. The minimum absolute atomic E-state index is 0.0848. The normalized spacial score (nSPS) is 12.1. The number of nitrogens with zero attached hydrogens (tertiary/aromatic N) is 3. The molecule has 0 saturated carbocycles. The summed E-state index contributed by atoms with van der Waals surface area (Å²) >= 11 is 1.47. The van der Waals surface area contributed by atoms with Crippen molar-refractivity contribution in [1.29, 1.82) is 0 Å². The molecular formula is C20H29N3OSSi. The third-order valence-corrected chi connectivity index (χ3v) is 12.3. The number of hydrogen-bond donors (Lipinski definition) is 0. The maximum absolute atomic E-state index is 12.4. The van der Waals surface area contributed by atoms with Gasteiger partial charge in [-0.3, -0.25) is 9.36 Å². The maximum atomic E-state index is 12.4. The molecule has 0 unspecified atom stereocenters. The predicted octanol–water partition coefficient (Wildman–Crippen LogP) is 4.62. The van der Waals surface area contributed by atoms with Crippen LogP contribution in [-0.4, -0.2) is 28.9 Å². The van der Waals surface area contributed by atoms with E-state index in [4.69, 9.17) is 0 Å². The lowest BCUT2D eigenvalue weighted by atomic mass is 10.2. The molecule has 6 heteroatoms. The van der Waals surface area contributed by atoms with Gasteiger partial charge in [-0.15, -0.1) is 5.54 Å². The van der Waals surface area contributed by atoms with Crippen molar-refractivity contribution in [3.63, 3.8) is 0 Å². The van der Waals surface area contributed by atoms with E-state index in [1.807, 2.05) is 6.26 Å². The van der Waals surface area contributed by atoms with E-state index in [-0.39, 0.29) is 5.56 Å². The van der Waals surface area contributed by atoms with Gasteiger partial charge in [0.15, 0.2) is 5.16 Å². The van der Waals surface area contributed by atoms with Crippen molar-refractivity contribution in [1.82, 2.24) is 14.5 Å². The maximum Gasteiger partial charge on any atom is 0.253 e. The molecule has 0 aliphatic heterocycles. The van der Waals surface area contributed by atoms with E-state index in [0.29, 0.717) is 27.4 Å². The van der Waals surface area contributed by atoms with Gasteiger partial charge in [-0.25, -0.2) is 9.97 Å². The number of fused-ring (bicyclic) bond motifs is 1. The van der Waals surface area contributed by atoms with Gasteiger partial charge in [-0.2, -0.15) is 0 Å². The molecule has 0 radical (unpaired) electrons. The van der Waals surface area contributed by atoms with Crippen LogP contribution in [0.1, 0.15) is 47.1 Å². The third-order valence-electron chi connectivity index (χ3n) is 5.42. The van der Waals surface area contributed by atoms with Crippen molar-refractivity contribution in [3.8, 4) is 11.5 Å². The molecule has 0 aliphatic carbocycles. The quantitative estimate of drug-likeness (QED) is 0.332. The van der Waals surface area contributed by atoms with Crippen LogP contribution < -0.4 is 5.56 Å². The molecule has 26 heavy (non-hydrogen) atoms. The first-order chi connectivity index (χ1) is 12.1. The molecule has 2 aromatic rings. The van der Waals surface area contributed by atoms with Gasteiger partial charge in [-0.1, -0.05) is 59.2 Å². The van der Waals surface area contributed by atoms with Crippen LogP contribution in [0.4, 0.5) is 0 Å². The molecule has 0 bridgehead atoms. The topological polar surface area (TPSA) is 47.8 Å². The summed E-state index contributed by atoms with van der Waals surface area (Å²) in [5, 5.41) is 1.50. The number of rotatable bonds is 4. The van der Waals surface area contributed by atoms with Gasteiger partial charge in [-0.05, 0) is 22.9 Å². The van der Waals surface area contributed by atoms with E-state index in [2.05, 4.69) is 63.0 Å². The van der Waals surface area contributed by atoms with Crippen LogP contribution in [0.15, 0.2) is 22.2 Å². The van der Waals surface area contributed by atoms with Crippen LogP contribution in [0.3, 0.4) is 0 Å². The van der Waals surface area contributed by atoms with Crippen LogP contribution in [0, 0.1) is 11.5 Å². The van der Waals surface area contributed by atoms with E-state index in [1.54, 1.807) is 23.9 Å². The van der Waals surface area contributed by atoms with Gasteiger partial charge in [0, 0.05) is 24.9 Å². The Bertz CT molecular complexity index is 900. The smallest absolute Gasteiger partial charge is 0.253 e. The van der Waals surface area contributed by atoms with Gasteiger partial charge >= 0.3 is 0 Å². The second-order valence-corrected chi connectivity index (χ2v) is 14.0. The Balaban J connectivity index is 2.75. The average molecular weight is 388 g/mol. The minimum atomic E-state index is -1.86. The standard InChI is InChI=1S/C20H29N3OSSi/c1-13(2)26(14(3)4,15(5)6)10-9-16-11-18(24)23(7)19-17(16)12-21-20(22-19)25-8/h11-15H,1-8H3. The fourth-order valence-electron chi connectivity index (χ4n) is 4.02. The third kappa shape index (κ3) is 3.60. The zero-order valence-electron chi connectivity index (χ0n) is 17.0. The second kappa shape index (κ2) is 7.97. The lowest BCUT2D eigenvalue weighted by Gasteiger charge is -2.38. The van der Waals surface area contributed by atoms with Crippen molar-refractivity contribution < 1.29 is 0 Å². The fraction of sp³-hybridized carbons (Fsp3) is 0.550. The molecule has 140 valence electrons. The Morgan fingerprint density at radius 1 is 1.12 bits per heavy atom. The van der Waals surface area contributed by atoms with Crippen molar-refractivity contribution >= 4 is 30.9 Å². The molecule has 0 atom stereocenters. The summed E-state index contributed by atoms with van der Waals surface area (Å²) < 4.78 is 1.57. The molecule has 0 spiro atoms. The molecule has 4 nitrogen and oxygen atoms in total. The molecule has 0 N–H and O–H groups in total. The van der Waals surface area contributed by atoms with Crippen molar-refractivity contribution in [2.24, 2.45) is 7.05 Å². The van der Waals surface area contributed by atoms with Gasteiger partial charge in [0.05, 0.1) is 5.39 Å². The molecule has 0 amide bonds. The molecule has 0 aromatic carbocycles. The van der Waals surface area contributed by atoms with Crippen LogP contribution >= 0.6 is 11.8 Å². The number of aryl methyl sites for hydroxylation is 1. The monoisotopic (exact) mass is 387 g/mol. The Morgan fingerprint density at radius 3 is 2.19 bits per heavy atom. The van der Waals surface area contributed by atoms with Crippen LogP contribution in [0.5, 0.6) is 0 Å². The summed E-state index contributed by atoms with van der Waals surface area (Å²) in [4.78, 5) is 21.3. The van der Waals surface area contributed by atoms with E-state index >= 15 is 0 Å². The van der Waals surface area contributed by atoms with Crippen molar-refractivity contribution in [3.05, 3.63) is 28.2 Å². The van der Waals surface area contributed by atoms with E-state index in [0.717, 1.165) is 10.9 Å². The first kappa shape index (κ1) is 20.7. The van der Waals surface area contributed by atoms with Gasteiger partial charge in [0.2, 0.25) is 0 Å². The zero-order valence-corrected chi connectivity index (χ0v) is 18.9. The summed E-state index contributed by atoms with van der Waals surface area (Å²) in [6.07, 6.45) is 3.72. The van der Waals surface area contributed by atoms with Crippen LogP contribution in [0.25, 0.3) is 11.0 Å². The fourth-order valence-corrected chi connectivity index (χ4v) is 9.57. The highest BCUT2D eigenvalue weighted by molar-refractivity contribution is 7.98. The van der Waals surface area contributed by atoms with Gasteiger partial charge < -0.3 is 0 Å². The van der Waals surface area contributed by atoms with Gasteiger partial charge in [0.1, 0.15) is 13.7 Å². The minimum Gasteiger partial charge on any atom is -0.296 e. The second-order valence-electron chi connectivity index (χ2n) is 7.70. The van der Waals surface area contributed by atoms with E-state index in [9.17, 15) is 4.79 Å². The summed E-state index contributed by atoms with van der Waals surface area (Å²) in [6.45, 7) is 13.7. The van der Waals surface area contributed by atoms with E-state index < -0.39 is 8.07 Å². The number of thioether (sulfide) groups is 1. The van der Waals surface area contributed by atoms with Gasteiger partial charge in [0.25, 0.3) is 5.56 Å². The Hall–Kier alpha value is -1.58. The lowest BCUT2D eigenvalue weighted by Crippen LogP contribution is -2.43. The number of hydrogen-bond acceptors (Lipinski definition) is 4. The molecule has 2 heterocycles. The molecule has 2 aromatic heterocycles. The first-order valence-corrected chi connectivity index (χ1v) is 12.5. The average Bonchev–Trinajstić information content (AvgIpc) is 2.58. The Labute approximate surface area is 161 Å². The van der Waals surface area contributed by atoms with Crippen molar-refractivity contribution in [2.75, 3.05) is 6.26 Å². The molecule has 0 saturated heterocycles. The SMILES string of the molecule is CSc1ncc2c(C#C[Si](C(C)C)(C(C)C)C(C)C)cc(=O)n(C)c2n1. The largest absolute Gasteiger partial charge is 0.296 e. The molecule has 0 aliphatic rings. The zero-order chi connectivity index (χ0) is 19.6. The first-order valence-electron chi connectivity index (χ1n) is 9.09. The molecule has 2 rings (SSSR count). The summed E-state index contributed by atoms with van der Waals surface area (Å²) in [7, 11) is -0.117. The van der Waals surface area contributed by atoms with Crippen LogP contribution in [-0.2, 0) is 7.05 Å². The summed E-state index contributed by atoms with van der Waals surface area (Å²) in [5.74, 6) is 3.39. The highest BCUT2D eigenvalue weighted by atomic mass is 32.2. The van der Waals surface area contributed by atoms with Crippen molar-refractivity contribution in [2.45, 2.75) is 63.3 Å². The summed E-state index contributed by atoms with van der Waals surface area (Å²) in [6, 6.07) is 1.62. The van der Waals surface area contributed by atoms with Crippen LogP contribution in [0.2, 0.25) is 16.6 Å². The highest BCUT2D eigenvalue weighted by Gasteiger charge is 2.41. The Morgan fingerprint density at radius 2 is 1.69 bits per heavy atom. The molecule has 0 fully saturated rings. The number of pyridine rings is 1. The lowest BCUT2D eigenvalue weighted by molar-refractivity contribution is 0.838. The number of aromatic nitrogens is 3. The van der Waals surface area contributed by atoms with E-state index in [1.165, 1.54) is 11.8 Å².